The van der Waals surface area contributed by atoms with Crippen molar-refractivity contribution in [3.05, 3.63) is 64.1 Å². The van der Waals surface area contributed by atoms with Crippen LogP contribution in [0.3, 0.4) is 0 Å². The SMILES string of the molecule is COc1ccc(/C=N\NC(=O)CSCc2ccc(Br)cc2)cc1. The summed E-state index contributed by atoms with van der Waals surface area (Å²) >= 11 is 4.95. The summed E-state index contributed by atoms with van der Waals surface area (Å²) in [5, 5.41) is 3.95. The summed E-state index contributed by atoms with van der Waals surface area (Å²) in [7, 11) is 1.62. The number of hydrazone groups is 1. The molecule has 0 atom stereocenters. The minimum atomic E-state index is -0.114. The van der Waals surface area contributed by atoms with Crippen molar-refractivity contribution in [3.63, 3.8) is 0 Å². The van der Waals surface area contributed by atoms with E-state index < -0.39 is 0 Å². The molecule has 0 radical (unpaired) electrons. The molecule has 0 aromatic heterocycles. The summed E-state index contributed by atoms with van der Waals surface area (Å²) in [6.07, 6.45) is 1.61. The third-order valence-corrected chi connectivity index (χ3v) is 4.47. The van der Waals surface area contributed by atoms with Crippen LogP contribution < -0.4 is 10.2 Å². The van der Waals surface area contributed by atoms with Gasteiger partial charge in [-0.25, -0.2) is 5.43 Å². The Morgan fingerprint density at radius 3 is 2.57 bits per heavy atom. The van der Waals surface area contributed by atoms with E-state index in [0.29, 0.717) is 5.75 Å². The molecule has 0 saturated carbocycles. The van der Waals surface area contributed by atoms with Gasteiger partial charge in [0.05, 0.1) is 19.1 Å². The largest absolute Gasteiger partial charge is 0.497 e. The summed E-state index contributed by atoms with van der Waals surface area (Å²) in [6, 6.07) is 15.5. The second-order valence-corrected chi connectivity index (χ2v) is 6.59. The van der Waals surface area contributed by atoms with Gasteiger partial charge in [-0.1, -0.05) is 28.1 Å². The number of methoxy groups -OCH3 is 1. The Kier molecular flexibility index (Phi) is 7.16. The molecule has 0 saturated heterocycles. The molecular formula is C17H17BrN2O2S. The number of carbonyl (C=O) groups is 1. The van der Waals surface area contributed by atoms with Crippen LogP contribution in [-0.4, -0.2) is 25.0 Å². The zero-order valence-electron chi connectivity index (χ0n) is 12.7. The highest BCUT2D eigenvalue weighted by Gasteiger charge is 2.00. The maximum atomic E-state index is 11.7. The van der Waals surface area contributed by atoms with Crippen LogP contribution in [0.4, 0.5) is 0 Å². The fourth-order valence-corrected chi connectivity index (χ4v) is 2.79. The fraction of sp³-hybridized carbons (Fsp3) is 0.176. The van der Waals surface area contributed by atoms with Crippen molar-refractivity contribution in [2.24, 2.45) is 5.10 Å². The van der Waals surface area contributed by atoms with E-state index in [-0.39, 0.29) is 5.91 Å². The Morgan fingerprint density at radius 1 is 1.22 bits per heavy atom. The zero-order valence-corrected chi connectivity index (χ0v) is 15.1. The molecule has 6 heteroatoms. The third kappa shape index (κ3) is 6.46. The van der Waals surface area contributed by atoms with Crippen molar-refractivity contribution in [1.29, 1.82) is 0 Å². The quantitative estimate of drug-likeness (QED) is 0.575. The second-order valence-electron chi connectivity index (χ2n) is 4.69. The number of halogens is 1. The van der Waals surface area contributed by atoms with E-state index in [1.54, 1.807) is 25.1 Å². The molecule has 0 aliphatic heterocycles. The van der Waals surface area contributed by atoms with Crippen molar-refractivity contribution in [2.45, 2.75) is 5.75 Å². The highest BCUT2D eigenvalue weighted by atomic mass is 79.9. The van der Waals surface area contributed by atoms with Crippen LogP contribution in [0.5, 0.6) is 5.75 Å². The predicted molar refractivity (Wildman–Crippen MR) is 99.0 cm³/mol. The topological polar surface area (TPSA) is 50.7 Å². The molecule has 1 amide bonds. The van der Waals surface area contributed by atoms with Crippen molar-refractivity contribution < 1.29 is 9.53 Å². The van der Waals surface area contributed by atoms with Crippen LogP contribution in [0.1, 0.15) is 11.1 Å². The van der Waals surface area contributed by atoms with Crippen LogP contribution in [0.2, 0.25) is 0 Å². The van der Waals surface area contributed by atoms with Gasteiger partial charge in [0.1, 0.15) is 5.75 Å². The van der Waals surface area contributed by atoms with Crippen LogP contribution >= 0.6 is 27.7 Å². The zero-order chi connectivity index (χ0) is 16.5. The van der Waals surface area contributed by atoms with Gasteiger partial charge < -0.3 is 4.74 Å². The van der Waals surface area contributed by atoms with E-state index in [0.717, 1.165) is 21.5 Å². The number of amides is 1. The lowest BCUT2D eigenvalue weighted by molar-refractivity contribution is -0.118. The van der Waals surface area contributed by atoms with Crippen LogP contribution in [0.25, 0.3) is 0 Å². The highest BCUT2D eigenvalue weighted by Crippen LogP contribution is 2.15. The number of nitrogens with one attached hydrogen (secondary N) is 1. The minimum Gasteiger partial charge on any atom is -0.497 e. The van der Waals surface area contributed by atoms with E-state index in [1.807, 2.05) is 48.5 Å². The molecule has 0 heterocycles. The number of nitrogens with zero attached hydrogens (tertiary/aromatic N) is 1. The van der Waals surface area contributed by atoms with Gasteiger partial charge >= 0.3 is 0 Å². The number of ether oxygens (including phenoxy) is 1. The van der Waals surface area contributed by atoms with Crippen molar-refractivity contribution in [2.75, 3.05) is 12.9 Å². The highest BCUT2D eigenvalue weighted by molar-refractivity contribution is 9.10. The molecule has 120 valence electrons. The smallest absolute Gasteiger partial charge is 0.250 e. The molecule has 0 aliphatic rings. The second kappa shape index (κ2) is 9.37. The Bertz CT molecular complexity index is 657. The standard InChI is InChI=1S/C17H17BrN2O2S/c1-22-16-8-4-13(5-9-16)10-19-20-17(21)12-23-11-14-2-6-15(18)7-3-14/h2-10H,11-12H2,1H3,(H,20,21)/b19-10-. The molecule has 0 unspecified atom stereocenters. The van der Waals surface area contributed by atoms with Gasteiger partial charge in [0.2, 0.25) is 5.91 Å². The van der Waals surface area contributed by atoms with E-state index in [2.05, 4.69) is 26.5 Å². The van der Waals surface area contributed by atoms with Gasteiger partial charge in [-0.15, -0.1) is 11.8 Å². The average Bonchev–Trinajstić information content (AvgIpc) is 2.57. The van der Waals surface area contributed by atoms with Gasteiger partial charge in [0.25, 0.3) is 0 Å². The maximum Gasteiger partial charge on any atom is 0.250 e. The first kappa shape index (κ1) is 17.6. The van der Waals surface area contributed by atoms with Gasteiger partial charge in [-0.3, -0.25) is 4.79 Å². The van der Waals surface area contributed by atoms with Gasteiger partial charge in [-0.2, -0.15) is 5.10 Å². The number of rotatable bonds is 7. The molecule has 2 rings (SSSR count). The van der Waals surface area contributed by atoms with Crippen LogP contribution in [0, 0.1) is 0 Å². The molecule has 4 nitrogen and oxygen atoms in total. The number of carbonyl (C=O) groups excluding carboxylic acids is 1. The number of thioether (sulfide) groups is 1. The number of hydrogen-bond acceptors (Lipinski definition) is 4. The van der Waals surface area contributed by atoms with Gasteiger partial charge in [-0.05, 0) is 47.5 Å². The maximum absolute atomic E-state index is 11.7. The molecule has 0 fully saturated rings. The summed E-state index contributed by atoms with van der Waals surface area (Å²) in [4.78, 5) is 11.7. The monoisotopic (exact) mass is 392 g/mol. The Morgan fingerprint density at radius 2 is 1.91 bits per heavy atom. The molecule has 0 aliphatic carbocycles. The van der Waals surface area contributed by atoms with Crippen LogP contribution in [0.15, 0.2) is 58.1 Å². The van der Waals surface area contributed by atoms with E-state index in [4.69, 9.17) is 4.74 Å². The summed E-state index contributed by atoms with van der Waals surface area (Å²) in [6.45, 7) is 0. The van der Waals surface area contributed by atoms with Gasteiger partial charge in [0.15, 0.2) is 0 Å². The molecule has 1 N–H and O–H groups in total. The summed E-state index contributed by atoms with van der Waals surface area (Å²) in [5.74, 6) is 1.84. The Labute approximate surface area is 148 Å². The molecule has 2 aromatic rings. The molecule has 0 spiro atoms. The number of benzene rings is 2. The van der Waals surface area contributed by atoms with E-state index in [9.17, 15) is 4.79 Å². The fourth-order valence-electron chi connectivity index (χ4n) is 1.74. The first-order valence-electron chi connectivity index (χ1n) is 6.95. The van der Waals surface area contributed by atoms with E-state index in [1.165, 1.54) is 5.56 Å². The van der Waals surface area contributed by atoms with E-state index >= 15 is 0 Å². The lowest BCUT2D eigenvalue weighted by Gasteiger charge is -2.02. The van der Waals surface area contributed by atoms with Crippen molar-refractivity contribution in [1.82, 2.24) is 5.43 Å². The normalized spacial score (nSPS) is 10.7. The first-order valence-corrected chi connectivity index (χ1v) is 8.90. The molecular weight excluding hydrogens is 376 g/mol. The summed E-state index contributed by atoms with van der Waals surface area (Å²) < 4.78 is 6.13. The third-order valence-electron chi connectivity index (χ3n) is 2.93. The van der Waals surface area contributed by atoms with Crippen molar-refractivity contribution >= 4 is 39.8 Å². The molecule has 0 bridgehead atoms. The van der Waals surface area contributed by atoms with Gasteiger partial charge in [0, 0.05) is 10.2 Å². The lowest BCUT2D eigenvalue weighted by atomic mass is 10.2. The molecule has 2 aromatic carbocycles. The average molecular weight is 393 g/mol. The Balaban J connectivity index is 1.69. The van der Waals surface area contributed by atoms with Crippen LogP contribution in [-0.2, 0) is 10.5 Å². The first-order chi connectivity index (χ1) is 11.2. The minimum absolute atomic E-state index is 0.114. The molecule has 23 heavy (non-hydrogen) atoms. The predicted octanol–water partition coefficient (Wildman–Crippen LogP) is 3.84. The number of hydrogen-bond donors (Lipinski definition) is 1. The summed E-state index contributed by atoms with van der Waals surface area (Å²) in [5.41, 5.74) is 4.61. The lowest BCUT2D eigenvalue weighted by Crippen LogP contribution is -2.19. The Hall–Kier alpha value is -1.79. The van der Waals surface area contributed by atoms with Crippen molar-refractivity contribution in [3.8, 4) is 5.75 Å².